The standard InChI is InChI=1S/C10H10ClF2NO2/c1-2-16-8(15)5-6-3-4-7(10(12)13)14-9(6)11/h3-4,10H,2,5H2,1H3. The van der Waals surface area contributed by atoms with Gasteiger partial charge in [-0.25, -0.2) is 13.8 Å². The Morgan fingerprint density at radius 3 is 2.75 bits per heavy atom. The number of aromatic nitrogens is 1. The van der Waals surface area contributed by atoms with Crippen LogP contribution in [0.5, 0.6) is 0 Å². The highest BCUT2D eigenvalue weighted by molar-refractivity contribution is 6.30. The first-order valence-corrected chi connectivity index (χ1v) is 5.01. The van der Waals surface area contributed by atoms with Crippen molar-refractivity contribution in [1.29, 1.82) is 0 Å². The molecule has 1 aromatic rings. The predicted molar refractivity (Wildman–Crippen MR) is 54.5 cm³/mol. The fourth-order valence-electron chi connectivity index (χ4n) is 1.10. The molecule has 88 valence electrons. The molecule has 0 aromatic carbocycles. The number of esters is 1. The fraction of sp³-hybridized carbons (Fsp3) is 0.400. The molecule has 16 heavy (non-hydrogen) atoms. The number of hydrogen-bond acceptors (Lipinski definition) is 3. The Kier molecular flexibility index (Phi) is 4.61. The van der Waals surface area contributed by atoms with Crippen molar-refractivity contribution >= 4 is 17.6 Å². The molecule has 0 radical (unpaired) electrons. The van der Waals surface area contributed by atoms with Crippen LogP contribution in [-0.2, 0) is 16.0 Å². The van der Waals surface area contributed by atoms with E-state index in [0.717, 1.165) is 6.07 Å². The zero-order chi connectivity index (χ0) is 12.1. The lowest BCUT2D eigenvalue weighted by atomic mass is 10.2. The highest BCUT2D eigenvalue weighted by atomic mass is 35.5. The van der Waals surface area contributed by atoms with Crippen LogP contribution in [0.4, 0.5) is 8.78 Å². The molecule has 3 nitrogen and oxygen atoms in total. The highest BCUT2D eigenvalue weighted by Gasteiger charge is 2.13. The predicted octanol–water partition coefficient (Wildman–Crippen LogP) is 2.78. The van der Waals surface area contributed by atoms with Gasteiger partial charge in [0.15, 0.2) is 0 Å². The minimum absolute atomic E-state index is 0.0663. The van der Waals surface area contributed by atoms with Crippen molar-refractivity contribution in [1.82, 2.24) is 4.98 Å². The fourth-order valence-corrected chi connectivity index (χ4v) is 1.33. The van der Waals surface area contributed by atoms with Crippen molar-refractivity contribution in [3.63, 3.8) is 0 Å². The second kappa shape index (κ2) is 5.75. The molecule has 0 aliphatic carbocycles. The number of nitrogens with zero attached hydrogens (tertiary/aromatic N) is 1. The number of hydrogen-bond donors (Lipinski definition) is 0. The second-order valence-corrected chi connectivity index (χ2v) is 3.33. The third-order valence-corrected chi connectivity index (χ3v) is 2.14. The third kappa shape index (κ3) is 3.41. The Bertz CT molecular complexity index is 385. The molecule has 0 amide bonds. The average molecular weight is 250 g/mol. The van der Waals surface area contributed by atoms with Gasteiger partial charge in [-0.1, -0.05) is 17.7 Å². The summed E-state index contributed by atoms with van der Waals surface area (Å²) in [5, 5.41) is -0.0918. The number of halogens is 3. The van der Waals surface area contributed by atoms with E-state index < -0.39 is 18.1 Å². The minimum atomic E-state index is -2.67. The maximum absolute atomic E-state index is 12.2. The molecule has 0 N–H and O–H groups in total. The van der Waals surface area contributed by atoms with Gasteiger partial charge in [0.1, 0.15) is 10.8 Å². The van der Waals surface area contributed by atoms with Crippen molar-refractivity contribution in [2.24, 2.45) is 0 Å². The number of alkyl halides is 2. The first kappa shape index (κ1) is 12.8. The molecule has 0 saturated carbocycles. The van der Waals surface area contributed by atoms with E-state index in [1.807, 2.05) is 0 Å². The smallest absolute Gasteiger partial charge is 0.310 e. The molecular weight excluding hydrogens is 240 g/mol. The van der Waals surface area contributed by atoms with Crippen LogP contribution in [0.1, 0.15) is 24.6 Å². The zero-order valence-electron chi connectivity index (χ0n) is 8.54. The maximum Gasteiger partial charge on any atom is 0.310 e. The number of ether oxygens (including phenoxy) is 1. The highest BCUT2D eigenvalue weighted by Crippen LogP contribution is 2.21. The summed E-state index contributed by atoms with van der Waals surface area (Å²) in [5.41, 5.74) is -0.0258. The monoisotopic (exact) mass is 249 g/mol. The molecule has 6 heteroatoms. The quantitative estimate of drug-likeness (QED) is 0.608. The Morgan fingerprint density at radius 2 is 2.25 bits per heavy atom. The molecule has 0 aliphatic heterocycles. The minimum Gasteiger partial charge on any atom is -0.466 e. The largest absolute Gasteiger partial charge is 0.466 e. The van der Waals surface area contributed by atoms with E-state index >= 15 is 0 Å². The van der Waals surface area contributed by atoms with E-state index in [4.69, 9.17) is 16.3 Å². The Hall–Kier alpha value is -1.23. The van der Waals surface area contributed by atoms with Crippen molar-refractivity contribution in [3.8, 4) is 0 Å². The van der Waals surface area contributed by atoms with Gasteiger partial charge >= 0.3 is 5.97 Å². The third-order valence-electron chi connectivity index (χ3n) is 1.81. The summed E-state index contributed by atoms with van der Waals surface area (Å²) in [6.07, 6.45) is -2.74. The van der Waals surface area contributed by atoms with E-state index in [0.29, 0.717) is 5.56 Å². The Morgan fingerprint density at radius 1 is 1.56 bits per heavy atom. The molecule has 1 aromatic heterocycles. The van der Waals surface area contributed by atoms with Crippen molar-refractivity contribution in [2.45, 2.75) is 19.8 Å². The normalized spacial score (nSPS) is 10.6. The lowest BCUT2D eigenvalue weighted by Crippen LogP contribution is -2.08. The number of carbonyl (C=O) groups is 1. The molecule has 0 spiro atoms. The summed E-state index contributed by atoms with van der Waals surface area (Å²) in [7, 11) is 0. The number of carbonyl (C=O) groups excluding carboxylic acids is 1. The van der Waals surface area contributed by atoms with Crippen LogP contribution in [0.3, 0.4) is 0 Å². The molecule has 1 heterocycles. The van der Waals surface area contributed by atoms with E-state index in [1.54, 1.807) is 6.92 Å². The van der Waals surface area contributed by atoms with Gasteiger partial charge in [-0.2, -0.15) is 0 Å². The van der Waals surface area contributed by atoms with Crippen LogP contribution in [0.2, 0.25) is 5.15 Å². The zero-order valence-corrected chi connectivity index (χ0v) is 9.30. The van der Waals surface area contributed by atoms with Crippen LogP contribution in [0.25, 0.3) is 0 Å². The van der Waals surface area contributed by atoms with Crippen molar-refractivity contribution in [3.05, 3.63) is 28.5 Å². The van der Waals surface area contributed by atoms with Gasteiger partial charge < -0.3 is 4.74 Å². The number of rotatable bonds is 4. The van der Waals surface area contributed by atoms with E-state index in [2.05, 4.69) is 4.98 Å². The molecule has 0 atom stereocenters. The molecule has 0 fully saturated rings. The Labute approximate surface area is 96.4 Å². The van der Waals surface area contributed by atoms with Crippen LogP contribution in [0.15, 0.2) is 12.1 Å². The maximum atomic E-state index is 12.2. The molecule has 0 aliphatic rings. The van der Waals surface area contributed by atoms with Gasteiger partial charge in [0.05, 0.1) is 13.0 Å². The molecule has 0 bridgehead atoms. The van der Waals surface area contributed by atoms with Crippen LogP contribution < -0.4 is 0 Å². The topological polar surface area (TPSA) is 39.2 Å². The number of pyridine rings is 1. The van der Waals surface area contributed by atoms with Crippen molar-refractivity contribution < 1.29 is 18.3 Å². The summed E-state index contributed by atoms with van der Waals surface area (Å²) in [6.45, 7) is 1.94. The van der Waals surface area contributed by atoms with Crippen LogP contribution in [-0.4, -0.2) is 17.6 Å². The van der Waals surface area contributed by atoms with Gasteiger partial charge in [0.25, 0.3) is 6.43 Å². The molecule has 0 saturated heterocycles. The molecule has 0 unspecified atom stereocenters. The average Bonchev–Trinajstić information content (AvgIpc) is 2.21. The first-order valence-electron chi connectivity index (χ1n) is 4.63. The summed E-state index contributed by atoms with van der Waals surface area (Å²) in [4.78, 5) is 14.6. The summed E-state index contributed by atoms with van der Waals surface area (Å²) >= 11 is 5.67. The summed E-state index contributed by atoms with van der Waals surface area (Å²) in [6, 6.07) is 2.50. The van der Waals surface area contributed by atoms with Gasteiger partial charge in [-0.15, -0.1) is 0 Å². The molecular formula is C10H10ClF2NO2. The second-order valence-electron chi connectivity index (χ2n) is 2.97. The Balaban J connectivity index is 2.79. The SMILES string of the molecule is CCOC(=O)Cc1ccc(C(F)F)nc1Cl. The van der Waals surface area contributed by atoms with E-state index in [1.165, 1.54) is 6.07 Å². The first-order chi connectivity index (χ1) is 7.54. The van der Waals surface area contributed by atoms with Crippen molar-refractivity contribution in [2.75, 3.05) is 6.61 Å². The van der Waals surface area contributed by atoms with Gasteiger partial charge in [-0.05, 0) is 13.0 Å². The van der Waals surface area contributed by atoms with Crippen LogP contribution in [0, 0.1) is 0 Å². The van der Waals surface area contributed by atoms with Gasteiger partial charge in [-0.3, -0.25) is 4.79 Å². The van der Waals surface area contributed by atoms with Gasteiger partial charge in [0, 0.05) is 5.56 Å². The molecule has 1 rings (SSSR count). The van der Waals surface area contributed by atoms with Gasteiger partial charge in [0.2, 0.25) is 0 Å². The summed E-state index contributed by atoms with van der Waals surface area (Å²) < 4.78 is 29.2. The lowest BCUT2D eigenvalue weighted by Gasteiger charge is -2.05. The van der Waals surface area contributed by atoms with Crippen LogP contribution >= 0.6 is 11.6 Å². The van der Waals surface area contributed by atoms with E-state index in [-0.39, 0.29) is 18.2 Å². The summed E-state index contributed by atoms with van der Waals surface area (Å²) in [5.74, 6) is -0.462. The lowest BCUT2D eigenvalue weighted by molar-refractivity contribution is -0.142. The van der Waals surface area contributed by atoms with E-state index in [9.17, 15) is 13.6 Å².